The molecule has 0 aliphatic carbocycles. The molecule has 154 valence electrons. The van der Waals surface area contributed by atoms with Gasteiger partial charge < -0.3 is 9.47 Å². The molecule has 3 aromatic rings. The fourth-order valence-electron chi connectivity index (χ4n) is 3.17. The summed E-state index contributed by atoms with van der Waals surface area (Å²) in [4.78, 5) is 42.7. The zero-order chi connectivity index (χ0) is 21.3. The largest absolute Gasteiger partial charge is 0.341 e. The molecule has 1 amide bonds. The maximum atomic E-state index is 12.5. The lowest BCUT2D eigenvalue weighted by Crippen LogP contribution is -2.37. The van der Waals surface area contributed by atoms with E-state index in [1.807, 2.05) is 6.07 Å². The van der Waals surface area contributed by atoms with E-state index < -0.39 is 11.2 Å². The summed E-state index contributed by atoms with van der Waals surface area (Å²) in [6, 6.07) is 5.32. The van der Waals surface area contributed by atoms with Gasteiger partial charge in [-0.15, -0.1) is 0 Å². The molecule has 0 aliphatic heterocycles. The van der Waals surface area contributed by atoms with Crippen LogP contribution in [0, 0.1) is 0 Å². The van der Waals surface area contributed by atoms with E-state index in [0.29, 0.717) is 47.1 Å². The average Bonchev–Trinajstić information content (AvgIpc) is 3.12. The van der Waals surface area contributed by atoms with E-state index >= 15 is 0 Å². The maximum absolute atomic E-state index is 12.5. The Hall–Kier alpha value is -2.58. The van der Waals surface area contributed by atoms with Crippen molar-refractivity contribution in [2.45, 2.75) is 25.9 Å². The number of carbonyl (C=O) groups excluding carboxylic acids is 1. The van der Waals surface area contributed by atoms with Gasteiger partial charge in [-0.05, 0) is 18.1 Å². The third-order valence-electron chi connectivity index (χ3n) is 4.87. The number of hydrogen-bond donors (Lipinski definition) is 0. The number of rotatable bonds is 6. The number of amides is 1. The second kappa shape index (κ2) is 8.42. The van der Waals surface area contributed by atoms with Crippen LogP contribution in [0.5, 0.6) is 0 Å². The van der Waals surface area contributed by atoms with Crippen molar-refractivity contribution in [1.82, 2.24) is 23.6 Å². The Morgan fingerprint density at radius 2 is 1.90 bits per heavy atom. The van der Waals surface area contributed by atoms with Gasteiger partial charge in [0.15, 0.2) is 11.2 Å². The van der Waals surface area contributed by atoms with E-state index in [-0.39, 0.29) is 5.91 Å². The Morgan fingerprint density at radius 1 is 1.17 bits per heavy atom. The van der Waals surface area contributed by atoms with Crippen molar-refractivity contribution in [2.24, 2.45) is 14.1 Å². The van der Waals surface area contributed by atoms with E-state index in [0.717, 1.165) is 10.1 Å². The molecule has 0 unspecified atom stereocenters. The Bertz CT molecular complexity index is 1190. The summed E-state index contributed by atoms with van der Waals surface area (Å²) in [6.45, 7) is 0.788. The van der Waals surface area contributed by atoms with Crippen LogP contribution in [0.4, 0.5) is 0 Å². The zero-order valence-electron chi connectivity index (χ0n) is 16.4. The van der Waals surface area contributed by atoms with Gasteiger partial charge in [0.2, 0.25) is 5.91 Å². The first kappa shape index (κ1) is 21.1. The van der Waals surface area contributed by atoms with Gasteiger partial charge in [0, 0.05) is 40.7 Å². The summed E-state index contributed by atoms with van der Waals surface area (Å²) in [6.07, 6.45) is 2.33. The lowest BCUT2D eigenvalue weighted by atomic mass is 10.2. The number of imidazole rings is 1. The Morgan fingerprint density at radius 3 is 2.62 bits per heavy atom. The third-order valence-corrected chi connectivity index (χ3v) is 5.73. The van der Waals surface area contributed by atoms with Crippen LogP contribution in [-0.4, -0.2) is 36.5 Å². The normalized spacial score (nSPS) is 11.2. The van der Waals surface area contributed by atoms with Crippen LogP contribution < -0.4 is 11.2 Å². The molecule has 2 heterocycles. The summed E-state index contributed by atoms with van der Waals surface area (Å²) < 4.78 is 4.06. The van der Waals surface area contributed by atoms with Crippen LogP contribution in [0.3, 0.4) is 0 Å². The van der Waals surface area contributed by atoms with Crippen molar-refractivity contribution >= 4 is 40.3 Å². The fraction of sp³-hybridized carbons (Fsp3) is 0.368. The van der Waals surface area contributed by atoms with Crippen LogP contribution in [0.15, 0.2) is 34.1 Å². The van der Waals surface area contributed by atoms with Gasteiger partial charge in [-0.3, -0.25) is 18.7 Å². The Labute approximate surface area is 176 Å². The van der Waals surface area contributed by atoms with Gasteiger partial charge >= 0.3 is 5.69 Å². The molecule has 8 nitrogen and oxygen atoms in total. The number of halogens is 2. The number of benzene rings is 1. The second-order valence-corrected chi connectivity index (χ2v) is 7.67. The van der Waals surface area contributed by atoms with Gasteiger partial charge in [0.25, 0.3) is 5.56 Å². The molecule has 0 bridgehead atoms. The summed E-state index contributed by atoms with van der Waals surface area (Å²) >= 11 is 12.2. The fourth-order valence-corrected chi connectivity index (χ4v) is 3.55. The SMILES string of the molecule is CN(Cc1cccc(Cl)c1Cl)C(=O)CCCn1cnc2c1c(=O)n(C)c(=O)n2C. The van der Waals surface area contributed by atoms with Gasteiger partial charge in [0.05, 0.1) is 16.4 Å². The molecular formula is C19H21Cl2N5O3. The van der Waals surface area contributed by atoms with Crippen molar-refractivity contribution in [3.05, 3.63) is 61.0 Å². The van der Waals surface area contributed by atoms with Crippen molar-refractivity contribution in [2.75, 3.05) is 7.05 Å². The highest BCUT2D eigenvalue weighted by Crippen LogP contribution is 2.26. The highest BCUT2D eigenvalue weighted by Gasteiger charge is 2.16. The number of nitrogens with zero attached hydrogens (tertiary/aromatic N) is 5. The van der Waals surface area contributed by atoms with Crippen molar-refractivity contribution < 1.29 is 4.79 Å². The minimum atomic E-state index is -0.427. The summed E-state index contributed by atoms with van der Waals surface area (Å²) in [5, 5.41) is 0.896. The predicted octanol–water partition coefficient (Wildman–Crippen LogP) is 2.18. The standard InChI is InChI=1S/C19H21Cl2N5O3/c1-23(10-12-6-4-7-13(20)15(12)21)14(27)8-5-9-26-11-22-17-16(26)18(28)25(3)19(29)24(17)2/h4,6-7,11H,5,8-10H2,1-3H3. The molecule has 0 radical (unpaired) electrons. The molecule has 0 saturated heterocycles. The molecule has 0 fully saturated rings. The van der Waals surface area contributed by atoms with Crippen LogP contribution >= 0.6 is 23.2 Å². The number of aryl methyl sites for hydroxylation is 2. The minimum Gasteiger partial charge on any atom is -0.341 e. The van der Waals surface area contributed by atoms with E-state index in [9.17, 15) is 14.4 Å². The topological polar surface area (TPSA) is 82.1 Å². The van der Waals surface area contributed by atoms with Crippen LogP contribution in [-0.2, 0) is 32.0 Å². The predicted molar refractivity (Wildman–Crippen MR) is 112 cm³/mol. The number of carbonyl (C=O) groups is 1. The molecule has 29 heavy (non-hydrogen) atoms. The van der Waals surface area contributed by atoms with E-state index in [1.165, 1.54) is 17.9 Å². The van der Waals surface area contributed by atoms with Crippen molar-refractivity contribution in [1.29, 1.82) is 0 Å². The molecule has 1 aromatic carbocycles. The lowest BCUT2D eigenvalue weighted by Gasteiger charge is -2.18. The molecule has 0 spiro atoms. The number of fused-ring (bicyclic) bond motifs is 1. The molecule has 0 saturated carbocycles. The van der Waals surface area contributed by atoms with Crippen LogP contribution in [0.25, 0.3) is 11.2 Å². The lowest BCUT2D eigenvalue weighted by molar-refractivity contribution is -0.130. The van der Waals surface area contributed by atoms with Crippen molar-refractivity contribution in [3.63, 3.8) is 0 Å². The maximum Gasteiger partial charge on any atom is 0.332 e. The molecular weight excluding hydrogens is 417 g/mol. The van der Waals surface area contributed by atoms with E-state index in [2.05, 4.69) is 4.98 Å². The summed E-state index contributed by atoms with van der Waals surface area (Å²) in [5.41, 5.74) is 0.627. The first-order chi connectivity index (χ1) is 13.7. The van der Waals surface area contributed by atoms with Crippen LogP contribution in [0.2, 0.25) is 10.0 Å². The number of hydrogen-bond acceptors (Lipinski definition) is 4. The van der Waals surface area contributed by atoms with Crippen LogP contribution in [0.1, 0.15) is 18.4 Å². The van der Waals surface area contributed by atoms with E-state index in [1.54, 1.807) is 35.7 Å². The highest BCUT2D eigenvalue weighted by atomic mass is 35.5. The summed E-state index contributed by atoms with van der Waals surface area (Å²) in [7, 11) is 4.71. The number of aromatic nitrogens is 4. The van der Waals surface area contributed by atoms with Gasteiger partial charge in [-0.1, -0.05) is 35.3 Å². The quantitative estimate of drug-likeness (QED) is 0.591. The molecule has 0 N–H and O–H groups in total. The molecule has 10 heteroatoms. The Kier molecular flexibility index (Phi) is 6.14. The molecule has 0 atom stereocenters. The zero-order valence-corrected chi connectivity index (χ0v) is 17.9. The van der Waals surface area contributed by atoms with E-state index in [4.69, 9.17) is 23.2 Å². The summed E-state index contributed by atoms with van der Waals surface area (Å²) in [5.74, 6) is -0.0502. The minimum absolute atomic E-state index is 0.0502. The second-order valence-electron chi connectivity index (χ2n) is 6.88. The van der Waals surface area contributed by atoms with Crippen molar-refractivity contribution in [3.8, 4) is 0 Å². The van der Waals surface area contributed by atoms with Gasteiger partial charge in [-0.25, -0.2) is 9.78 Å². The highest BCUT2D eigenvalue weighted by molar-refractivity contribution is 6.42. The molecule has 2 aromatic heterocycles. The first-order valence-electron chi connectivity index (χ1n) is 9.00. The molecule has 3 rings (SSSR count). The van der Waals surface area contributed by atoms with Gasteiger partial charge in [-0.2, -0.15) is 0 Å². The monoisotopic (exact) mass is 437 g/mol. The third kappa shape index (κ3) is 4.09. The smallest absolute Gasteiger partial charge is 0.332 e. The Balaban J connectivity index is 1.67. The van der Waals surface area contributed by atoms with Gasteiger partial charge in [0.1, 0.15) is 0 Å². The first-order valence-corrected chi connectivity index (χ1v) is 9.75. The average molecular weight is 438 g/mol. The molecule has 0 aliphatic rings.